The van der Waals surface area contributed by atoms with Crippen LogP contribution in [-0.4, -0.2) is 41.1 Å². The van der Waals surface area contributed by atoms with Crippen molar-refractivity contribution in [3.05, 3.63) is 40.1 Å². The third-order valence-corrected chi connectivity index (χ3v) is 5.20. The van der Waals surface area contributed by atoms with E-state index in [1.807, 2.05) is 0 Å². The molecule has 11 nitrogen and oxygen atoms in total. The Morgan fingerprint density at radius 2 is 1.86 bits per heavy atom. The number of non-ortho nitro benzene ring substituents is 1. The molecule has 0 aliphatic rings. The van der Waals surface area contributed by atoms with Crippen LogP contribution < -0.4 is 14.8 Å². The Labute approximate surface area is 168 Å². The van der Waals surface area contributed by atoms with Crippen molar-refractivity contribution in [1.82, 2.24) is 19.8 Å². The molecule has 12 heteroatoms. The molecule has 1 amide bonds. The summed E-state index contributed by atoms with van der Waals surface area (Å²) in [4.78, 5) is 22.1. The van der Waals surface area contributed by atoms with Crippen LogP contribution in [0, 0.1) is 10.1 Å². The molecule has 0 aliphatic carbocycles. The number of ether oxygens (including phenoxy) is 1. The summed E-state index contributed by atoms with van der Waals surface area (Å²) in [6.07, 6.45) is 0. The van der Waals surface area contributed by atoms with Crippen LogP contribution in [0.2, 0.25) is 0 Å². The van der Waals surface area contributed by atoms with Crippen LogP contribution in [0.3, 0.4) is 0 Å². The molecule has 2 N–H and O–H groups in total. The maximum Gasteiger partial charge on any atom is 0.272 e. The molecule has 29 heavy (non-hydrogen) atoms. The first-order valence-electron chi connectivity index (χ1n) is 8.74. The van der Waals surface area contributed by atoms with Crippen LogP contribution in [0.15, 0.2) is 29.2 Å². The number of sulfonamides is 1. The number of hydrogen-bond acceptors (Lipinski definition) is 7. The quantitative estimate of drug-likeness (QED) is 0.485. The second-order valence-electron chi connectivity index (χ2n) is 6.89. The number of nitro benzene ring substituents is 1. The summed E-state index contributed by atoms with van der Waals surface area (Å²) in [5.74, 6) is -0.459. The zero-order valence-electron chi connectivity index (χ0n) is 16.7. The summed E-state index contributed by atoms with van der Waals surface area (Å²) in [6.45, 7) is 6.84. The first-order valence-corrected chi connectivity index (χ1v) is 10.2. The van der Waals surface area contributed by atoms with Gasteiger partial charge in [-0.3, -0.25) is 14.9 Å². The number of nitro groups is 1. The monoisotopic (exact) mass is 425 g/mol. The smallest absolute Gasteiger partial charge is 0.272 e. The van der Waals surface area contributed by atoms with Gasteiger partial charge < -0.3 is 10.1 Å². The van der Waals surface area contributed by atoms with Crippen LogP contribution in [0.1, 0.15) is 38.2 Å². The number of benzene rings is 1. The van der Waals surface area contributed by atoms with Crippen LogP contribution in [-0.2, 0) is 17.1 Å². The maximum atomic E-state index is 12.6. The average Bonchev–Trinajstić information content (AvgIpc) is 2.94. The normalized spacial score (nSPS) is 11.7. The zero-order valence-corrected chi connectivity index (χ0v) is 17.5. The molecule has 2 aromatic rings. The minimum absolute atomic E-state index is 0.0859. The van der Waals surface area contributed by atoms with Gasteiger partial charge in [-0.1, -0.05) is 0 Å². The van der Waals surface area contributed by atoms with Crippen LogP contribution in [0.4, 0.5) is 5.69 Å². The zero-order chi connectivity index (χ0) is 21.9. The van der Waals surface area contributed by atoms with E-state index in [4.69, 9.17) is 4.74 Å². The van der Waals surface area contributed by atoms with Gasteiger partial charge in [0, 0.05) is 37.3 Å². The van der Waals surface area contributed by atoms with Crippen molar-refractivity contribution in [1.29, 1.82) is 0 Å². The topological polar surface area (TPSA) is 145 Å². The van der Waals surface area contributed by atoms with E-state index in [0.717, 1.165) is 12.1 Å². The molecule has 0 fully saturated rings. The van der Waals surface area contributed by atoms with Gasteiger partial charge in [0.15, 0.2) is 5.69 Å². The molecule has 1 aromatic heterocycles. The molecule has 0 saturated carbocycles. The van der Waals surface area contributed by atoms with Gasteiger partial charge in [-0.25, -0.2) is 17.8 Å². The van der Waals surface area contributed by atoms with Crippen molar-refractivity contribution in [3.8, 4) is 11.6 Å². The Kier molecular flexibility index (Phi) is 6.59. The molecule has 0 unspecified atom stereocenters. The van der Waals surface area contributed by atoms with Gasteiger partial charge in [-0.05, 0) is 33.8 Å². The van der Waals surface area contributed by atoms with Gasteiger partial charge in [-0.15, -0.1) is 0 Å². The molecule has 0 bridgehead atoms. The highest BCUT2D eigenvalue weighted by atomic mass is 32.2. The lowest BCUT2D eigenvalue weighted by Gasteiger charge is -2.14. The SMILES string of the molecule is CC(C)NC(=O)c1cc(Oc2ccc([N+](=O)[O-])cc2S(=O)(=O)NC(C)C)n(C)n1. The van der Waals surface area contributed by atoms with Crippen molar-refractivity contribution >= 4 is 21.6 Å². The molecular weight excluding hydrogens is 402 g/mol. The minimum Gasteiger partial charge on any atom is -0.438 e. The van der Waals surface area contributed by atoms with Gasteiger partial charge in [-0.2, -0.15) is 5.10 Å². The molecule has 158 valence electrons. The predicted octanol–water partition coefficient (Wildman–Crippen LogP) is 1.95. The number of carbonyl (C=O) groups is 1. The highest BCUT2D eigenvalue weighted by Gasteiger charge is 2.25. The Bertz CT molecular complexity index is 1030. The Balaban J connectivity index is 2.47. The van der Waals surface area contributed by atoms with Gasteiger partial charge >= 0.3 is 0 Å². The fourth-order valence-electron chi connectivity index (χ4n) is 2.38. The third kappa shape index (κ3) is 5.51. The molecule has 0 radical (unpaired) electrons. The molecule has 0 spiro atoms. The van der Waals surface area contributed by atoms with Crippen molar-refractivity contribution in [2.24, 2.45) is 7.05 Å². The molecular formula is C17H23N5O6S. The third-order valence-electron chi connectivity index (χ3n) is 3.52. The molecule has 1 heterocycles. The highest BCUT2D eigenvalue weighted by Crippen LogP contribution is 2.32. The number of nitrogens with zero attached hydrogens (tertiary/aromatic N) is 3. The lowest BCUT2D eigenvalue weighted by molar-refractivity contribution is -0.385. The van der Waals surface area contributed by atoms with E-state index >= 15 is 0 Å². The number of aromatic nitrogens is 2. The van der Waals surface area contributed by atoms with E-state index in [0.29, 0.717) is 0 Å². The number of carbonyl (C=O) groups excluding carboxylic acids is 1. The van der Waals surface area contributed by atoms with Gasteiger partial charge in [0.1, 0.15) is 10.6 Å². The van der Waals surface area contributed by atoms with E-state index in [-0.39, 0.29) is 23.4 Å². The Hall–Kier alpha value is -2.99. The first kappa shape index (κ1) is 22.3. The van der Waals surface area contributed by atoms with E-state index in [9.17, 15) is 23.3 Å². The van der Waals surface area contributed by atoms with Crippen LogP contribution >= 0.6 is 0 Å². The number of aryl methyl sites for hydroxylation is 1. The maximum absolute atomic E-state index is 12.6. The van der Waals surface area contributed by atoms with Crippen LogP contribution in [0.5, 0.6) is 11.6 Å². The average molecular weight is 425 g/mol. The van der Waals surface area contributed by atoms with E-state index < -0.39 is 37.5 Å². The second-order valence-corrected chi connectivity index (χ2v) is 8.57. The van der Waals surface area contributed by atoms with Crippen molar-refractivity contribution in [2.75, 3.05) is 0 Å². The summed E-state index contributed by atoms with van der Waals surface area (Å²) >= 11 is 0. The van der Waals surface area contributed by atoms with Crippen molar-refractivity contribution < 1.29 is 22.9 Å². The molecule has 0 aliphatic heterocycles. The lowest BCUT2D eigenvalue weighted by Crippen LogP contribution is -2.30. The standard InChI is InChI=1S/C17H23N5O6S/c1-10(2)18-17(23)13-9-16(21(5)19-13)28-14-7-6-12(22(24)25)8-15(14)29(26,27)20-11(3)4/h6-11,20H,1-5H3,(H,18,23). The van der Waals surface area contributed by atoms with E-state index in [1.165, 1.54) is 23.9 Å². The number of nitrogens with one attached hydrogen (secondary N) is 2. The van der Waals surface area contributed by atoms with Gasteiger partial charge in [0.25, 0.3) is 11.6 Å². The Morgan fingerprint density at radius 1 is 1.21 bits per heavy atom. The first-order chi connectivity index (χ1) is 13.4. The highest BCUT2D eigenvalue weighted by molar-refractivity contribution is 7.89. The minimum atomic E-state index is -4.09. The fraction of sp³-hybridized carbons (Fsp3) is 0.412. The van der Waals surface area contributed by atoms with Gasteiger partial charge in [0.05, 0.1) is 4.92 Å². The van der Waals surface area contributed by atoms with Crippen molar-refractivity contribution in [2.45, 2.75) is 44.7 Å². The molecule has 0 saturated heterocycles. The largest absolute Gasteiger partial charge is 0.438 e. The molecule has 2 rings (SSSR count). The summed E-state index contributed by atoms with van der Waals surface area (Å²) in [6, 6.07) is 4.06. The number of amides is 1. The lowest BCUT2D eigenvalue weighted by atomic mass is 10.3. The second kappa shape index (κ2) is 8.57. The van der Waals surface area contributed by atoms with E-state index in [2.05, 4.69) is 15.1 Å². The van der Waals surface area contributed by atoms with Crippen LogP contribution in [0.25, 0.3) is 0 Å². The summed E-state index contributed by atoms with van der Waals surface area (Å²) in [7, 11) is -2.57. The summed E-state index contributed by atoms with van der Waals surface area (Å²) < 4.78 is 34.6. The number of hydrogen-bond donors (Lipinski definition) is 2. The fourth-order valence-corrected chi connectivity index (χ4v) is 3.78. The number of rotatable bonds is 8. The molecule has 1 aromatic carbocycles. The molecule has 0 atom stereocenters. The summed E-state index contributed by atoms with van der Waals surface area (Å²) in [5, 5.41) is 17.8. The van der Waals surface area contributed by atoms with Gasteiger partial charge in [0.2, 0.25) is 15.9 Å². The summed E-state index contributed by atoms with van der Waals surface area (Å²) in [5.41, 5.74) is -0.314. The predicted molar refractivity (Wildman–Crippen MR) is 104 cm³/mol. The van der Waals surface area contributed by atoms with E-state index in [1.54, 1.807) is 27.7 Å². The Morgan fingerprint density at radius 3 is 2.41 bits per heavy atom. The van der Waals surface area contributed by atoms with Crippen molar-refractivity contribution in [3.63, 3.8) is 0 Å².